The summed E-state index contributed by atoms with van der Waals surface area (Å²) in [5.41, 5.74) is 6.40. The third kappa shape index (κ3) is 4.00. The number of hydrogen-bond acceptors (Lipinski definition) is 4. The Hall–Kier alpha value is -2.96. The van der Waals surface area contributed by atoms with Crippen molar-refractivity contribution >= 4 is 17.9 Å². The molecule has 7 heteroatoms. The molecule has 2 aromatic rings. The number of aromatic nitrogens is 3. The number of nitrogens with zero attached hydrogens (tertiary/aromatic N) is 3. The molecular formula is C14H15N5O2. The average Bonchev–Trinajstić information content (AvgIpc) is 2.98. The lowest BCUT2D eigenvalue weighted by Crippen LogP contribution is -2.24. The number of carbonyl (C=O) groups excluding carboxylic acids is 2. The monoisotopic (exact) mass is 285 g/mol. The van der Waals surface area contributed by atoms with Gasteiger partial charge in [-0.15, -0.1) is 0 Å². The first-order valence-electron chi connectivity index (χ1n) is 6.23. The molecule has 0 aliphatic carbocycles. The van der Waals surface area contributed by atoms with E-state index in [0.29, 0.717) is 17.9 Å². The highest BCUT2D eigenvalue weighted by Gasteiger charge is 2.07. The van der Waals surface area contributed by atoms with Crippen molar-refractivity contribution in [1.82, 2.24) is 20.1 Å². The number of carbonyl (C=O) groups is 2. The first-order chi connectivity index (χ1) is 10.1. The zero-order valence-corrected chi connectivity index (χ0v) is 11.5. The Kier molecular flexibility index (Phi) is 4.45. The Morgan fingerprint density at radius 2 is 2.05 bits per heavy atom. The number of H-pyrrole nitrogens is 1. The maximum atomic E-state index is 11.9. The van der Waals surface area contributed by atoms with Gasteiger partial charge in [0.2, 0.25) is 11.8 Å². The predicted octanol–water partition coefficient (Wildman–Crippen LogP) is 0.575. The van der Waals surface area contributed by atoms with Gasteiger partial charge in [-0.2, -0.15) is 5.10 Å². The molecule has 1 aromatic carbocycles. The first kappa shape index (κ1) is 14.4. The SMILES string of the molecule is CN(Cc1ncn[nH]1)C(=O)C=Cc1ccc(C(N)=O)cc1. The van der Waals surface area contributed by atoms with E-state index in [0.717, 1.165) is 5.56 Å². The van der Waals surface area contributed by atoms with Gasteiger partial charge < -0.3 is 10.6 Å². The van der Waals surface area contributed by atoms with E-state index in [2.05, 4.69) is 15.2 Å². The molecule has 0 radical (unpaired) electrons. The maximum absolute atomic E-state index is 11.9. The number of aromatic amines is 1. The zero-order chi connectivity index (χ0) is 15.2. The van der Waals surface area contributed by atoms with Crippen molar-refractivity contribution in [2.24, 2.45) is 5.73 Å². The van der Waals surface area contributed by atoms with Crippen LogP contribution in [0.15, 0.2) is 36.7 Å². The van der Waals surface area contributed by atoms with Gasteiger partial charge in [-0.25, -0.2) is 4.98 Å². The van der Waals surface area contributed by atoms with Gasteiger partial charge in [-0.3, -0.25) is 14.7 Å². The molecule has 0 aliphatic rings. The van der Waals surface area contributed by atoms with Gasteiger partial charge in [-0.05, 0) is 23.8 Å². The number of rotatable bonds is 5. The first-order valence-corrected chi connectivity index (χ1v) is 6.23. The summed E-state index contributed by atoms with van der Waals surface area (Å²) in [5, 5.41) is 6.41. The molecule has 1 aromatic heterocycles. The van der Waals surface area contributed by atoms with Crippen LogP contribution in [0, 0.1) is 0 Å². The van der Waals surface area contributed by atoms with E-state index in [1.807, 2.05) is 0 Å². The number of benzene rings is 1. The Labute approximate surface area is 121 Å². The molecule has 0 spiro atoms. The van der Waals surface area contributed by atoms with E-state index < -0.39 is 5.91 Å². The van der Waals surface area contributed by atoms with Gasteiger partial charge in [0.15, 0.2) is 0 Å². The minimum atomic E-state index is -0.478. The highest BCUT2D eigenvalue weighted by Crippen LogP contribution is 2.06. The molecule has 21 heavy (non-hydrogen) atoms. The van der Waals surface area contributed by atoms with Crippen LogP contribution < -0.4 is 5.73 Å². The second kappa shape index (κ2) is 6.47. The van der Waals surface area contributed by atoms with Crippen molar-refractivity contribution in [2.75, 3.05) is 7.05 Å². The fourth-order valence-corrected chi connectivity index (χ4v) is 1.66. The summed E-state index contributed by atoms with van der Waals surface area (Å²) in [4.78, 5) is 28.3. The van der Waals surface area contributed by atoms with Gasteiger partial charge >= 0.3 is 0 Å². The van der Waals surface area contributed by atoms with Crippen molar-refractivity contribution in [3.05, 3.63) is 53.6 Å². The fourth-order valence-electron chi connectivity index (χ4n) is 1.66. The summed E-state index contributed by atoms with van der Waals surface area (Å²) >= 11 is 0. The number of likely N-dealkylation sites (N-methyl/N-ethyl adjacent to an activating group) is 1. The Bertz CT molecular complexity index is 647. The number of hydrogen-bond donors (Lipinski definition) is 2. The van der Waals surface area contributed by atoms with Gasteiger partial charge in [0, 0.05) is 18.7 Å². The molecule has 0 unspecified atom stereocenters. The molecule has 0 fully saturated rings. The van der Waals surface area contributed by atoms with Crippen LogP contribution in [0.1, 0.15) is 21.7 Å². The van der Waals surface area contributed by atoms with Crippen LogP contribution in [0.2, 0.25) is 0 Å². The standard InChI is InChI=1S/C14H15N5O2/c1-19(8-12-16-9-17-18-12)13(20)7-4-10-2-5-11(6-3-10)14(15)21/h2-7,9H,8H2,1H3,(H2,15,21)(H,16,17,18). The summed E-state index contributed by atoms with van der Waals surface area (Å²) in [6.07, 6.45) is 4.52. The fraction of sp³-hybridized carbons (Fsp3) is 0.143. The summed E-state index contributed by atoms with van der Waals surface area (Å²) in [5.74, 6) is -0.0242. The van der Waals surface area contributed by atoms with Crippen LogP contribution in [0.4, 0.5) is 0 Å². The number of nitrogens with one attached hydrogen (secondary N) is 1. The van der Waals surface area contributed by atoms with E-state index in [1.165, 1.54) is 17.3 Å². The van der Waals surface area contributed by atoms with Crippen molar-refractivity contribution < 1.29 is 9.59 Å². The molecule has 0 bridgehead atoms. The Balaban J connectivity index is 1.96. The van der Waals surface area contributed by atoms with Crippen molar-refractivity contribution in [2.45, 2.75) is 6.54 Å². The molecular weight excluding hydrogens is 270 g/mol. The van der Waals surface area contributed by atoms with E-state index in [9.17, 15) is 9.59 Å². The van der Waals surface area contributed by atoms with Crippen LogP contribution >= 0.6 is 0 Å². The van der Waals surface area contributed by atoms with E-state index >= 15 is 0 Å². The lowest BCUT2D eigenvalue weighted by molar-refractivity contribution is -0.125. The molecule has 0 saturated carbocycles. The summed E-state index contributed by atoms with van der Waals surface area (Å²) in [6, 6.07) is 6.68. The molecule has 0 atom stereocenters. The topological polar surface area (TPSA) is 105 Å². The van der Waals surface area contributed by atoms with Gasteiger partial charge in [0.1, 0.15) is 12.2 Å². The predicted molar refractivity (Wildman–Crippen MR) is 76.9 cm³/mol. The second-order valence-electron chi connectivity index (χ2n) is 4.45. The molecule has 108 valence electrons. The largest absolute Gasteiger partial charge is 0.366 e. The molecule has 2 amide bonds. The normalized spacial score (nSPS) is 10.7. The van der Waals surface area contributed by atoms with Crippen molar-refractivity contribution in [1.29, 1.82) is 0 Å². The van der Waals surface area contributed by atoms with Crippen molar-refractivity contribution in [3.8, 4) is 0 Å². The summed E-state index contributed by atoms with van der Waals surface area (Å²) in [7, 11) is 1.67. The Morgan fingerprint density at radius 1 is 1.33 bits per heavy atom. The Morgan fingerprint density at radius 3 is 2.62 bits per heavy atom. The smallest absolute Gasteiger partial charge is 0.248 e. The summed E-state index contributed by atoms with van der Waals surface area (Å²) in [6.45, 7) is 0.351. The van der Waals surface area contributed by atoms with E-state index in [1.54, 1.807) is 37.4 Å². The lowest BCUT2D eigenvalue weighted by atomic mass is 10.1. The minimum absolute atomic E-state index is 0.162. The average molecular weight is 285 g/mol. The minimum Gasteiger partial charge on any atom is -0.366 e. The van der Waals surface area contributed by atoms with Crippen LogP contribution in [0.25, 0.3) is 6.08 Å². The van der Waals surface area contributed by atoms with E-state index in [4.69, 9.17) is 5.73 Å². The van der Waals surface area contributed by atoms with Crippen LogP contribution in [0.5, 0.6) is 0 Å². The molecule has 0 saturated heterocycles. The highest BCUT2D eigenvalue weighted by atomic mass is 16.2. The molecule has 7 nitrogen and oxygen atoms in total. The second-order valence-corrected chi connectivity index (χ2v) is 4.45. The molecule has 1 heterocycles. The van der Waals surface area contributed by atoms with Gasteiger partial charge in [0.05, 0.1) is 6.54 Å². The third-order valence-electron chi connectivity index (χ3n) is 2.84. The number of primary amides is 1. The van der Waals surface area contributed by atoms with E-state index in [-0.39, 0.29) is 5.91 Å². The van der Waals surface area contributed by atoms with Crippen LogP contribution in [-0.4, -0.2) is 38.9 Å². The highest BCUT2D eigenvalue weighted by molar-refractivity contribution is 5.93. The van der Waals surface area contributed by atoms with Gasteiger partial charge in [-0.1, -0.05) is 12.1 Å². The zero-order valence-electron chi connectivity index (χ0n) is 11.5. The molecule has 3 N–H and O–H groups in total. The quantitative estimate of drug-likeness (QED) is 0.784. The number of amides is 2. The van der Waals surface area contributed by atoms with Gasteiger partial charge in [0.25, 0.3) is 0 Å². The maximum Gasteiger partial charge on any atom is 0.248 e. The molecule has 0 aliphatic heterocycles. The lowest BCUT2D eigenvalue weighted by Gasteiger charge is -2.12. The third-order valence-corrected chi connectivity index (χ3v) is 2.84. The van der Waals surface area contributed by atoms with Crippen LogP contribution in [-0.2, 0) is 11.3 Å². The molecule has 2 rings (SSSR count). The van der Waals surface area contributed by atoms with Crippen molar-refractivity contribution in [3.63, 3.8) is 0 Å². The summed E-state index contributed by atoms with van der Waals surface area (Å²) < 4.78 is 0. The number of nitrogens with two attached hydrogens (primary N) is 1. The van der Waals surface area contributed by atoms with Crippen LogP contribution in [0.3, 0.4) is 0 Å².